The van der Waals surface area contributed by atoms with Gasteiger partial charge in [0.2, 0.25) is 0 Å². The topological polar surface area (TPSA) is 34.1 Å². The fourth-order valence-corrected chi connectivity index (χ4v) is 3.01. The largest absolute Gasteiger partial charge is 0.375 e. The van der Waals surface area contributed by atoms with Crippen LogP contribution in [-0.2, 0) is 11.3 Å². The molecule has 0 radical (unpaired) electrons. The molecule has 2 rings (SSSR count). The van der Waals surface area contributed by atoms with Crippen molar-refractivity contribution in [3.63, 3.8) is 0 Å². The highest BCUT2D eigenvalue weighted by Crippen LogP contribution is 2.19. The molecular weight excluding hydrogens is 220 g/mol. The van der Waals surface area contributed by atoms with Crippen molar-refractivity contribution in [3.05, 3.63) is 16.1 Å². The van der Waals surface area contributed by atoms with Crippen molar-refractivity contribution in [2.45, 2.75) is 58.4 Å². The summed E-state index contributed by atoms with van der Waals surface area (Å²) >= 11 is 1.73. The van der Waals surface area contributed by atoms with E-state index in [9.17, 15) is 0 Å². The summed E-state index contributed by atoms with van der Waals surface area (Å²) in [6.45, 7) is 7.23. The zero-order chi connectivity index (χ0) is 11.5. The molecular formula is C12H20N2OS. The zero-order valence-electron chi connectivity index (χ0n) is 10.2. The summed E-state index contributed by atoms with van der Waals surface area (Å²) < 4.78 is 5.72. The highest BCUT2D eigenvalue weighted by Gasteiger charge is 2.23. The molecule has 0 aliphatic carbocycles. The number of hydrogen-bond acceptors (Lipinski definition) is 4. The van der Waals surface area contributed by atoms with Crippen LogP contribution >= 0.6 is 11.3 Å². The van der Waals surface area contributed by atoms with E-state index in [1.54, 1.807) is 11.3 Å². The first kappa shape index (κ1) is 12.0. The molecule has 1 aliphatic rings. The third kappa shape index (κ3) is 3.27. The van der Waals surface area contributed by atoms with E-state index in [2.05, 4.69) is 29.5 Å². The lowest BCUT2D eigenvalue weighted by molar-refractivity contribution is -0.0422. The standard InChI is InChI=1S/C12H20N2OS/c1-8-7-16-12(14-8)6-13-11-4-9(2)15-10(3)5-11/h7,9-11,13H,4-6H2,1-3H3. The number of aryl methyl sites for hydroxylation is 1. The molecule has 0 amide bonds. The molecule has 1 aliphatic heterocycles. The minimum Gasteiger partial charge on any atom is -0.375 e. The maximum absolute atomic E-state index is 5.72. The Kier molecular flexibility index (Phi) is 3.95. The van der Waals surface area contributed by atoms with Crippen molar-refractivity contribution in [2.24, 2.45) is 0 Å². The Hall–Kier alpha value is -0.450. The number of rotatable bonds is 3. The highest BCUT2D eigenvalue weighted by atomic mass is 32.1. The molecule has 90 valence electrons. The lowest BCUT2D eigenvalue weighted by Crippen LogP contribution is -2.40. The molecule has 1 fully saturated rings. The molecule has 2 atom stereocenters. The van der Waals surface area contributed by atoms with Crippen LogP contribution in [0.25, 0.3) is 0 Å². The molecule has 0 saturated carbocycles. The van der Waals surface area contributed by atoms with Crippen LogP contribution in [0.3, 0.4) is 0 Å². The minimum atomic E-state index is 0.374. The zero-order valence-corrected chi connectivity index (χ0v) is 11.0. The molecule has 0 aromatic carbocycles. The Balaban J connectivity index is 1.81. The summed E-state index contributed by atoms with van der Waals surface area (Å²) in [5, 5.41) is 6.87. The summed E-state index contributed by atoms with van der Waals surface area (Å²) in [5.41, 5.74) is 1.12. The smallest absolute Gasteiger partial charge is 0.107 e. The van der Waals surface area contributed by atoms with Crippen LogP contribution in [0.1, 0.15) is 37.4 Å². The molecule has 16 heavy (non-hydrogen) atoms. The number of nitrogens with zero attached hydrogens (tertiary/aromatic N) is 1. The van der Waals surface area contributed by atoms with Gasteiger partial charge in [-0.05, 0) is 33.6 Å². The third-order valence-corrected chi connectivity index (χ3v) is 3.87. The van der Waals surface area contributed by atoms with Gasteiger partial charge in [-0.25, -0.2) is 4.98 Å². The van der Waals surface area contributed by atoms with Crippen LogP contribution in [-0.4, -0.2) is 23.2 Å². The van der Waals surface area contributed by atoms with Crippen molar-refractivity contribution in [1.82, 2.24) is 10.3 Å². The predicted octanol–water partition coefficient (Wildman–Crippen LogP) is 2.50. The Morgan fingerprint density at radius 3 is 2.69 bits per heavy atom. The average molecular weight is 240 g/mol. The van der Waals surface area contributed by atoms with Crippen molar-refractivity contribution in [2.75, 3.05) is 0 Å². The van der Waals surface area contributed by atoms with E-state index >= 15 is 0 Å². The van der Waals surface area contributed by atoms with E-state index in [1.807, 2.05) is 6.92 Å². The van der Waals surface area contributed by atoms with Crippen LogP contribution in [0, 0.1) is 6.92 Å². The first-order valence-corrected chi connectivity index (χ1v) is 6.81. The Labute approximate surface area is 101 Å². The predicted molar refractivity (Wildman–Crippen MR) is 66.7 cm³/mol. The van der Waals surface area contributed by atoms with E-state index in [4.69, 9.17) is 4.74 Å². The Morgan fingerprint density at radius 2 is 2.12 bits per heavy atom. The first-order chi connectivity index (χ1) is 7.63. The van der Waals surface area contributed by atoms with Gasteiger partial charge in [0.1, 0.15) is 5.01 Å². The van der Waals surface area contributed by atoms with E-state index in [0.717, 1.165) is 25.1 Å². The number of aromatic nitrogens is 1. The van der Waals surface area contributed by atoms with Crippen molar-refractivity contribution >= 4 is 11.3 Å². The van der Waals surface area contributed by atoms with Gasteiger partial charge in [-0.3, -0.25) is 0 Å². The van der Waals surface area contributed by atoms with Gasteiger partial charge in [0.05, 0.1) is 12.2 Å². The van der Waals surface area contributed by atoms with Crippen LogP contribution in [0.2, 0.25) is 0 Å². The van der Waals surface area contributed by atoms with Gasteiger partial charge in [-0.1, -0.05) is 0 Å². The highest BCUT2D eigenvalue weighted by molar-refractivity contribution is 7.09. The Bertz CT molecular complexity index is 330. The quantitative estimate of drug-likeness (QED) is 0.881. The van der Waals surface area contributed by atoms with Gasteiger partial charge in [-0.15, -0.1) is 11.3 Å². The molecule has 1 aromatic rings. The monoisotopic (exact) mass is 240 g/mol. The second-order valence-corrected chi connectivity index (χ2v) is 5.63. The summed E-state index contributed by atoms with van der Waals surface area (Å²) in [4.78, 5) is 4.46. The first-order valence-electron chi connectivity index (χ1n) is 5.93. The van der Waals surface area contributed by atoms with E-state index in [0.29, 0.717) is 18.2 Å². The lowest BCUT2D eigenvalue weighted by atomic mass is 10.00. The summed E-state index contributed by atoms with van der Waals surface area (Å²) in [5.74, 6) is 0. The van der Waals surface area contributed by atoms with Gasteiger partial charge in [-0.2, -0.15) is 0 Å². The van der Waals surface area contributed by atoms with Crippen LogP contribution in [0.15, 0.2) is 5.38 Å². The molecule has 2 unspecified atom stereocenters. The number of nitrogens with one attached hydrogen (secondary N) is 1. The average Bonchev–Trinajstić information content (AvgIpc) is 2.60. The molecule has 1 aromatic heterocycles. The maximum Gasteiger partial charge on any atom is 0.107 e. The lowest BCUT2D eigenvalue weighted by Gasteiger charge is -2.32. The van der Waals surface area contributed by atoms with E-state index in [1.165, 1.54) is 5.01 Å². The summed E-state index contributed by atoms with van der Waals surface area (Å²) in [6.07, 6.45) is 2.96. The molecule has 3 nitrogen and oxygen atoms in total. The van der Waals surface area contributed by atoms with Crippen LogP contribution in [0.4, 0.5) is 0 Å². The van der Waals surface area contributed by atoms with Crippen LogP contribution < -0.4 is 5.32 Å². The van der Waals surface area contributed by atoms with Gasteiger partial charge < -0.3 is 10.1 Å². The van der Waals surface area contributed by atoms with Gasteiger partial charge in [0.15, 0.2) is 0 Å². The number of thiazole rings is 1. The molecule has 4 heteroatoms. The SMILES string of the molecule is Cc1csc(CNC2CC(C)OC(C)C2)n1. The van der Waals surface area contributed by atoms with Crippen LogP contribution in [0.5, 0.6) is 0 Å². The summed E-state index contributed by atoms with van der Waals surface area (Å²) in [7, 11) is 0. The molecule has 1 saturated heterocycles. The summed E-state index contributed by atoms with van der Waals surface area (Å²) in [6, 6.07) is 0.572. The number of ether oxygens (including phenoxy) is 1. The second kappa shape index (κ2) is 5.25. The van der Waals surface area contributed by atoms with Gasteiger partial charge in [0, 0.05) is 23.7 Å². The molecule has 0 bridgehead atoms. The fraction of sp³-hybridized carbons (Fsp3) is 0.750. The Morgan fingerprint density at radius 1 is 1.44 bits per heavy atom. The van der Waals surface area contributed by atoms with Gasteiger partial charge in [0.25, 0.3) is 0 Å². The van der Waals surface area contributed by atoms with E-state index in [-0.39, 0.29) is 0 Å². The third-order valence-electron chi connectivity index (χ3n) is 2.91. The van der Waals surface area contributed by atoms with Crippen molar-refractivity contribution < 1.29 is 4.74 Å². The fourth-order valence-electron chi connectivity index (χ4n) is 2.29. The van der Waals surface area contributed by atoms with Gasteiger partial charge >= 0.3 is 0 Å². The molecule has 0 spiro atoms. The molecule has 2 heterocycles. The normalized spacial score (nSPS) is 30.6. The van der Waals surface area contributed by atoms with Crippen molar-refractivity contribution in [3.8, 4) is 0 Å². The number of hydrogen-bond donors (Lipinski definition) is 1. The van der Waals surface area contributed by atoms with Crippen molar-refractivity contribution in [1.29, 1.82) is 0 Å². The second-order valence-electron chi connectivity index (χ2n) is 4.69. The minimum absolute atomic E-state index is 0.374. The molecule has 1 N–H and O–H groups in total. The van der Waals surface area contributed by atoms with E-state index < -0.39 is 0 Å². The maximum atomic E-state index is 5.72.